The Morgan fingerprint density at radius 1 is 0.875 bits per heavy atom. The Labute approximate surface area is 142 Å². The van der Waals surface area contributed by atoms with Crippen molar-refractivity contribution in [2.24, 2.45) is 0 Å². The molecule has 1 aliphatic heterocycles. The van der Waals surface area contributed by atoms with Crippen LogP contribution in [0.2, 0.25) is 0 Å². The first kappa shape index (κ1) is 15.0. The molecule has 0 saturated heterocycles. The number of rotatable bonds is 3. The van der Waals surface area contributed by atoms with Crippen molar-refractivity contribution in [2.45, 2.75) is 16.3 Å². The van der Waals surface area contributed by atoms with E-state index in [4.69, 9.17) is 4.74 Å². The number of nitrogens with one attached hydrogen (secondary N) is 1. The van der Waals surface area contributed by atoms with Crippen molar-refractivity contribution in [3.8, 4) is 11.5 Å². The summed E-state index contributed by atoms with van der Waals surface area (Å²) in [5.41, 5.74) is 1.23. The molecule has 0 aliphatic carbocycles. The summed E-state index contributed by atoms with van der Waals surface area (Å²) in [6.45, 7) is 0.272. The minimum atomic E-state index is -0.575. The van der Waals surface area contributed by atoms with Gasteiger partial charge >= 0.3 is 0 Å². The lowest BCUT2D eigenvalue weighted by atomic mass is 10.2. The Balaban J connectivity index is 1.52. The molecule has 0 unspecified atom stereocenters. The second-order valence-corrected chi connectivity index (χ2v) is 6.49. The first-order valence-electron chi connectivity index (χ1n) is 7.45. The normalized spacial score (nSPS) is 12.1. The number of para-hydroxylation sites is 1. The second-order valence-electron chi connectivity index (χ2n) is 5.40. The smallest absolute Gasteiger partial charge is 0.143 e. The van der Waals surface area contributed by atoms with Gasteiger partial charge in [-0.2, -0.15) is 0 Å². The zero-order chi connectivity index (χ0) is 16.5. The number of fused-ring (bicyclic) bond motifs is 2. The number of benzene rings is 3. The van der Waals surface area contributed by atoms with Crippen molar-refractivity contribution in [1.82, 2.24) is 0 Å². The van der Waals surface area contributed by atoms with Gasteiger partial charge in [0.05, 0.1) is 9.79 Å². The molecule has 3 aromatic rings. The third-order valence-corrected chi connectivity index (χ3v) is 4.85. The Bertz CT molecular complexity index is 914. The van der Waals surface area contributed by atoms with Crippen molar-refractivity contribution in [2.75, 3.05) is 5.32 Å². The summed E-state index contributed by atoms with van der Waals surface area (Å²) < 4.78 is 32.6. The Morgan fingerprint density at radius 3 is 2.58 bits per heavy atom. The van der Waals surface area contributed by atoms with Crippen molar-refractivity contribution < 1.29 is 13.5 Å². The van der Waals surface area contributed by atoms with Crippen LogP contribution < -0.4 is 10.1 Å². The quantitative estimate of drug-likeness (QED) is 0.506. The molecule has 0 spiro atoms. The van der Waals surface area contributed by atoms with E-state index >= 15 is 0 Å². The summed E-state index contributed by atoms with van der Waals surface area (Å²) in [7, 11) is 0. The third-order valence-electron chi connectivity index (χ3n) is 3.73. The van der Waals surface area contributed by atoms with E-state index in [1.807, 2.05) is 42.5 Å². The molecule has 1 heterocycles. The lowest BCUT2D eigenvalue weighted by Gasteiger charge is -2.20. The molecule has 0 fully saturated rings. The minimum absolute atomic E-state index is 0.272. The topological polar surface area (TPSA) is 21.3 Å². The summed E-state index contributed by atoms with van der Waals surface area (Å²) in [4.78, 5) is 2.12. The van der Waals surface area contributed by atoms with Gasteiger partial charge in [-0.25, -0.2) is 8.78 Å². The Kier molecular flexibility index (Phi) is 3.86. The zero-order valence-corrected chi connectivity index (χ0v) is 13.4. The second kappa shape index (κ2) is 6.17. The van der Waals surface area contributed by atoms with Crippen LogP contribution in [0, 0.1) is 11.6 Å². The molecule has 0 aromatic heterocycles. The highest BCUT2D eigenvalue weighted by atomic mass is 32.2. The van der Waals surface area contributed by atoms with E-state index in [-0.39, 0.29) is 6.54 Å². The molecule has 2 nitrogen and oxygen atoms in total. The van der Waals surface area contributed by atoms with Gasteiger partial charge in [0.25, 0.3) is 0 Å². The van der Waals surface area contributed by atoms with Gasteiger partial charge in [0.1, 0.15) is 23.1 Å². The molecule has 0 radical (unpaired) electrons. The predicted molar refractivity (Wildman–Crippen MR) is 90.8 cm³/mol. The highest BCUT2D eigenvalue weighted by Gasteiger charge is 2.17. The minimum Gasteiger partial charge on any atom is -0.455 e. The van der Waals surface area contributed by atoms with Gasteiger partial charge in [-0.3, -0.25) is 0 Å². The molecule has 0 saturated carbocycles. The molecule has 0 amide bonds. The van der Waals surface area contributed by atoms with Gasteiger partial charge in [-0.1, -0.05) is 30.0 Å². The highest BCUT2D eigenvalue weighted by molar-refractivity contribution is 7.99. The Morgan fingerprint density at radius 2 is 1.71 bits per heavy atom. The first-order chi connectivity index (χ1) is 11.7. The van der Waals surface area contributed by atoms with Crippen LogP contribution >= 0.6 is 11.8 Å². The van der Waals surface area contributed by atoms with Crippen LogP contribution in [-0.2, 0) is 6.54 Å². The van der Waals surface area contributed by atoms with E-state index in [0.717, 1.165) is 33.0 Å². The number of ether oxygens (including phenoxy) is 1. The molecule has 24 heavy (non-hydrogen) atoms. The number of hydrogen-bond donors (Lipinski definition) is 1. The lowest BCUT2D eigenvalue weighted by molar-refractivity contribution is 0.455. The average molecular weight is 341 g/mol. The standard InChI is InChI=1S/C19H13F2NOS/c20-13-6-5-12(15(21)9-13)11-22-14-7-8-19-17(10-14)23-16-3-1-2-4-18(16)24-19/h1-10,22H,11H2. The lowest BCUT2D eigenvalue weighted by Crippen LogP contribution is -2.03. The van der Waals surface area contributed by atoms with Crippen LogP contribution in [0.25, 0.3) is 0 Å². The fourth-order valence-electron chi connectivity index (χ4n) is 2.50. The molecule has 1 N–H and O–H groups in total. The van der Waals surface area contributed by atoms with Crippen LogP contribution in [0.5, 0.6) is 11.5 Å². The maximum atomic E-state index is 13.7. The molecule has 0 bridgehead atoms. The van der Waals surface area contributed by atoms with E-state index in [1.54, 1.807) is 11.8 Å². The van der Waals surface area contributed by atoms with Gasteiger partial charge < -0.3 is 10.1 Å². The monoisotopic (exact) mass is 341 g/mol. The summed E-state index contributed by atoms with van der Waals surface area (Å²) >= 11 is 1.66. The summed E-state index contributed by atoms with van der Waals surface area (Å²) in [5.74, 6) is 0.468. The van der Waals surface area contributed by atoms with E-state index in [1.165, 1.54) is 12.1 Å². The van der Waals surface area contributed by atoms with E-state index < -0.39 is 11.6 Å². The van der Waals surface area contributed by atoms with Gasteiger partial charge in [0.15, 0.2) is 0 Å². The van der Waals surface area contributed by atoms with Gasteiger partial charge in [0.2, 0.25) is 0 Å². The molecular weight excluding hydrogens is 328 g/mol. The number of halogens is 2. The van der Waals surface area contributed by atoms with Gasteiger partial charge in [-0.05, 0) is 30.3 Å². The van der Waals surface area contributed by atoms with Gasteiger partial charge in [-0.15, -0.1) is 0 Å². The highest BCUT2D eigenvalue weighted by Crippen LogP contribution is 2.47. The van der Waals surface area contributed by atoms with Crippen LogP contribution in [0.4, 0.5) is 14.5 Å². The summed E-state index contributed by atoms with van der Waals surface area (Å²) in [5, 5.41) is 3.14. The van der Waals surface area contributed by atoms with Crippen LogP contribution in [0.15, 0.2) is 70.5 Å². The van der Waals surface area contributed by atoms with Crippen LogP contribution in [0.3, 0.4) is 0 Å². The summed E-state index contributed by atoms with van der Waals surface area (Å²) in [6.07, 6.45) is 0. The molecule has 0 atom stereocenters. The summed E-state index contributed by atoms with van der Waals surface area (Å²) in [6, 6.07) is 17.2. The first-order valence-corrected chi connectivity index (χ1v) is 8.27. The molecular formula is C19H13F2NOS. The average Bonchev–Trinajstić information content (AvgIpc) is 2.59. The van der Waals surface area contributed by atoms with Crippen LogP contribution in [-0.4, -0.2) is 0 Å². The zero-order valence-electron chi connectivity index (χ0n) is 12.6. The van der Waals surface area contributed by atoms with Crippen molar-refractivity contribution in [1.29, 1.82) is 0 Å². The van der Waals surface area contributed by atoms with E-state index in [2.05, 4.69) is 5.32 Å². The maximum Gasteiger partial charge on any atom is 0.143 e. The Hall–Kier alpha value is -2.53. The fraction of sp³-hybridized carbons (Fsp3) is 0.0526. The number of hydrogen-bond acceptors (Lipinski definition) is 3. The van der Waals surface area contributed by atoms with Crippen molar-refractivity contribution in [3.05, 3.63) is 77.9 Å². The molecule has 1 aliphatic rings. The van der Waals surface area contributed by atoms with Gasteiger partial charge in [0, 0.05) is 29.9 Å². The molecule has 120 valence electrons. The van der Waals surface area contributed by atoms with Crippen molar-refractivity contribution >= 4 is 17.4 Å². The van der Waals surface area contributed by atoms with E-state index in [9.17, 15) is 8.78 Å². The van der Waals surface area contributed by atoms with Crippen LogP contribution in [0.1, 0.15) is 5.56 Å². The SMILES string of the molecule is Fc1ccc(CNc2ccc3c(c2)Oc2ccccc2S3)c(F)c1. The number of anilines is 1. The predicted octanol–water partition coefficient (Wildman–Crippen LogP) is 5.83. The van der Waals surface area contributed by atoms with Crippen molar-refractivity contribution in [3.63, 3.8) is 0 Å². The van der Waals surface area contributed by atoms with E-state index in [0.29, 0.717) is 5.56 Å². The largest absolute Gasteiger partial charge is 0.455 e. The third kappa shape index (κ3) is 2.95. The molecule has 3 aromatic carbocycles. The fourth-order valence-corrected chi connectivity index (χ4v) is 3.43. The molecule has 5 heteroatoms. The maximum absolute atomic E-state index is 13.7. The molecule has 4 rings (SSSR count).